The molecule has 2 aromatic rings. The number of Topliss-reactive ketones (excluding diaryl/α,β-unsaturated/α-hetero) is 1. The Morgan fingerprint density at radius 2 is 1.62 bits per heavy atom. The average Bonchev–Trinajstić information content (AvgIpc) is 2.59. The second-order valence-electron chi connectivity index (χ2n) is 4.65. The lowest BCUT2D eigenvalue weighted by Crippen LogP contribution is -2.33. The van der Waals surface area contributed by atoms with Crippen molar-refractivity contribution in [3.05, 3.63) is 64.6 Å². The van der Waals surface area contributed by atoms with Crippen LogP contribution in [0.5, 0.6) is 5.75 Å². The van der Waals surface area contributed by atoms with Gasteiger partial charge >= 0.3 is 12.1 Å². The summed E-state index contributed by atoms with van der Waals surface area (Å²) in [7, 11) is 0. The van der Waals surface area contributed by atoms with Crippen LogP contribution < -0.4 is 10.1 Å². The monoisotopic (exact) mass is 391 g/mol. The second kappa shape index (κ2) is 8.83. The zero-order valence-corrected chi connectivity index (χ0v) is 14.1. The van der Waals surface area contributed by atoms with Gasteiger partial charge in [0, 0.05) is 10.0 Å². The molecule has 0 heterocycles. The number of rotatable bonds is 6. The van der Waals surface area contributed by atoms with Crippen LogP contribution >= 0.6 is 15.9 Å². The molecule has 2 rings (SSSR count). The van der Waals surface area contributed by atoms with Gasteiger partial charge in [-0.2, -0.15) is 0 Å². The molecule has 24 heavy (non-hydrogen) atoms. The molecule has 0 aromatic heterocycles. The first-order chi connectivity index (χ1) is 11.5. The molecule has 0 radical (unpaired) electrons. The number of ketones is 1. The number of carbonyl (C=O) groups excluding carboxylic acids is 3. The van der Waals surface area contributed by atoms with Crippen molar-refractivity contribution in [2.75, 3.05) is 13.2 Å². The maximum Gasteiger partial charge on any atom is 0.413 e. The summed E-state index contributed by atoms with van der Waals surface area (Å²) in [5.41, 5.74) is 0.433. The molecule has 1 amide bonds. The first kappa shape index (κ1) is 17.7. The third-order valence-electron chi connectivity index (χ3n) is 2.86. The molecule has 0 aliphatic heterocycles. The van der Waals surface area contributed by atoms with E-state index in [1.165, 1.54) is 0 Å². The molecule has 0 saturated heterocycles. The third-order valence-corrected chi connectivity index (χ3v) is 3.39. The van der Waals surface area contributed by atoms with Gasteiger partial charge in [-0.15, -0.1) is 0 Å². The SMILES string of the molecule is O=C(CNC(=O)Oc1ccccc1)OCC(=O)c1ccc(Br)cc1. The highest BCUT2D eigenvalue weighted by Crippen LogP contribution is 2.11. The van der Waals surface area contributed by atoms with E-state index in [2.05, 4.69) is 21.2 Å². The van der Waals surface area contributed by atoms with Crippen LogP contribution in [0.4, 0.5) is 4.79 Å². The highest BCUT2D eigenvalue weighted by molar-refractivity contribution is 9.10. The molecule has 7 heteroatoms. The standard InChI is InChI=1S/C17H14BrNO5/c18-13-8-6-12(7-9-13)15(20)11-23-16(21)10-19-17(22)24-14-4-2-1-3-5-14/h1-9H,10-11H2,(H,19,22). The first-order valence-corrected chi connectivity index (χ1v) is 7.79. The summed E-state index contributed by atoms with van der Waals surface area (Å²) in [6.07, 6.45) is -0.780. The molecule has 0 saturated carbocycles. The lowest BCUT2D eigenvalue weighted by Gasteiger charge is -2.07. The number of amides is 1. The Morgan fingerprint density at radius 3 is 2.29 bits per heavy atom. The fourth-order valence-electron chi connectivity index (χ4n) is 1.69. The third kappa shape index (κ3) is 5.85. The van der Waals surface area contributed by atoms with Gasteiger partial charge in [-0.3, -0.25) is 9.59 Å². The minimum atomic E-state index is -0.780. The van der Waals surface area contributed by atoms with Crippen molar-refractivity contribution in [1.82, 2.24) is 5.32 Å². The molecule has 124 valence electrons. The maximum atomic E-state index is 11.8. The molecule has 2 aromatic carbocycles. The highest BCUT2D eigenvalue weighted by atomic mass is 79.9. The van der Waals surface area contributed by atoms with Gasteiger partial charge in [-0.05, 0) is 24.3 Å². The molecule has 0 spiro atoms. The van der Waals surface area contributed by atoms with Crippen LogP contribution in [-0.2, 0) is 9.53 Å². The van der Waals surface area contributed by atoms with Gasteiger partial charge in [0.25, 0.3) is 0 Å². The minimum absolute atomic E-state index is 0.331. The molecule has 0 aliphatic carbocycles. The lowest BCUT2D eigenvalue weighted by atomic mass is 10.1. The van der Waals surface area contributed by atoms with Gasteiger partial charge in [-0.25, -0.2) is 4.79 Å². The number of hydrogen-bond donors (Lipinski definition) is 1. The Balaban J connectivity index is 1.70. The van der Waals surface area contributed by atoms with E-state index in [4.69, 9.17) is 9.47 Å². The zero-order chi connectivity index (χ0) is 17.4. The van der Waals surface area contributed by atoms with E-state index < -0.39 is 18.7 Å². The topological polar surface area (TPSA) is 81.7 Å². The van der Waals surface area contributed by atoms with Gasteiger partial charge in [0.1, 0.15) is 12.3 Å². The molecule has 0 fully saturated rings. The Bertz CT molecular complexity index is 716. The molecule has 0 unspecified atom stereocenters. The van der Waals surface area contributed by atoms with Gasteiger partial charge in [0.15, 0.2) is 12.4 Å². The molecule has 6 nitrogen and oxygen atoms in total. The number of hydrogen-bond acceptors (Lipinski definition) is 5. The Kier molecular flexibility index (Phi) is 6.51. The number of para-hydroxylation sites is 1. The van der Waals surface area contributed by atoms with Crippen LogP contribution in [0.15, 0.2) is 59.1 Å². The van der Waals surface area contributed by atoms with Crippen LogP contribution in [0, 0.1) is 0 Å². The van der Waals surface area contributed by atoms with Gasteiger partial charge in [0.05, 0.1) is 0 Å². The van der Waals surface area contributed by atoms with Crippen molar-refractivity contribution in [3.63, 3.8) is 0 Å². The number of ether oxygens (including phenoxy) is 2. The Labute approximate surface area is 146 Å². The molecule has 0 bridgehead atoms. The Morgan fingerprint density at radius 1 is 0.958 bits per heavy atom. The summed E-state index contributed by atoms with van der Waals surface area (Å²) in [5, 5.41) is 2.25. The van der Waals surface area contributed by atoms with E-state index in [1.807, 2.05) is 0 Å². The van der Waals surface area contributed by atoms with Gasteiger partial charge in [0.2, 0.25) is 0 Å². The number of halogens is 1. The summed E-state index contributed by atoms with van der Waals surface area (Å²) < 4.78 is 10.6. The van der Waals surface area contributed by atoms with E-state index in [1.54, 1.807) is 54.6 Å². The lowest BCUT2D eigenvalue weighted by molar-refractivity contribution is -0.141. The first-order valence-electron chi connectivity index (χ1n) is 7.00. The van der Waals surface area contributed by atoms with E-state index in [0.717, 1.165) is 4.47 Å². The number of esters is 1. The predicted molar refractivity (Wildman–Crippen MR) is 89.9 cm³/mol. The number of benzene rings is 2. The largest absolute Gasteiger partial charge is 0.456 e. The van der Waals surface area contributed by atoms with Crippen LogP contribution in [0.25, 0.3) is 0 Å². The summed E-state index contributed by atoms with van der Waals surface area (Å²) in [6.45, 7) is -0.783. The van der Waals surface area contributed by atoms with Gasteiger partial charge in [-0.1, -0.05) is 46.3 Å². The quantitative estimate of drug-likeness (QED) is 0.604. The smallest absolute Gasteiger partial charge is 0.413 e. The minimum Gasteiger partial charge on any atom is -0.456 e. The Hall–Kier alpha value is -2.67. The number of nitrogens with one attached hydrogen (secondary N) is 1. The van der Waals surface area contributed by atoms with Crippen LogP contribution in [0.3, 0.4) is 0 Å². The predicted octanol–water partition coefficient (Wildman–Crippen LogP) is 2.96. The van der Waals surface area contributed by atoms with Crippen molar-refractivity contribution in [2.24, 2.45) is 0 Å². The van der Waals surface area contributed by atoms with Crippen molar-refractivity contribution in [1.29, 1.82) is 0 Å². The van der Waals surface area contributed by atoms with Crippen LogP contribution in [-0.4, -0.2) is 31.0 Å². The van der Waals surface area contributed by atoms with Crippen molar-refractivity contribution in [3.8, 4) is 5.75 Å². The normalized spacial score (nSPS) is 9.88. The van der Waals surface area contributed by atoms with E-state index >= 15 is 0 Å². The fourth-order valence-corrected chi connectivity index (χ4v) is 1.96. The summed E-state index contributed by atoms with van der Waals surface area (Å²) in [6, 6.07) is 15.1. The van der Waals surface area contributed by atoms with Crippen LogP contribution in [0.2, 0.25) is 0 Å². The van der Waals surface area contributed by atoms with E-state index in [-0.39, 0.29) is 12.3 Å². The fraction of sp³-hybridized carbons (Fsp3) is 0.118. The second-order valence-corrected chi connectivity index (χ2v) is 5.56. The maximum absolute atomic E-state index is 11.8. The van der Waals surface area contributed by atoms with E-state index in [0.29, 0.717) is 11.3 Å². The van der Waals surface area contributed by atoms with E-state index in [9.17, 15) is 14.4 Å². The van der Waals surface area contributed by atoms with Gasteiger partial charge < -0.3 is 14.8 Å². The average molecular weight is 392 g/mol. The molecule has 1 N–H and O–H groups in total. The molecule has 0 atom stereocenters. The summed E-state index contributed by atoms with van der Waals surface area (Å²) in [5.74, 6) is -0.707. The highest BCUT2D eigenvalue weighted by Gasteiger charge is 2.12. The van der Waals surface area contributed by atoms with Crippen molar-refractivity contribution in [2.45, 2.75) is 0 Å². The molecular formula is C17H14BrNO5. The van der Waals surface area contributed by atoms with Crippen molar-refractivity contribution < 1.29 is 23.9 Å². The van der Waals surface area contributed by atoms with Crippen molar-refractivity contribution >= 4 is 33.8 Å². The summed E-state index contributed by atoms with van der Waals surface area (Å²) >= 11 is 3.27. The van der Waals surface area contributed by atoms with Crippen LogP contribution in [0.1, 0.15) is 10.4 Å². The summed E-state index contributed by atoms with van der Waals surface area (Å²) in [4.78, 5) is 34.9. The number of carbonyl (C=O) groups is 3. The molecular weight excluding hydrogens is 378 g/mol. The zero-order valence-electron chi connectivity index (χ0n) is 12.5. The molecule has 0 aliphatic rings.